The maximum atomic E-state index is 13.9. The van der Waals surface area contributed by atoms with Gasteiger partial charge in [-0.05, 0) is 51.4 Å². The molecule has 0 N–H and O–H groups in total. The number of carbonyl (C=O) groups excluding carboxylic acids is 1. The fourth-order valence-corrected chi connectivity index (χ4v) is 3.67. The van der Waals surface area contributed by atoms with E-state index in [1.54, 1.807) is 24.3 Å². The van der Waals surface area contributed by atoms with Gasteiger partial charge in [-0.15, -0.1) is 0 Å². The first-order valence-corrected chi connectivity index (χ1v) is 9.04. The van der Waals surface area contributed by atoms with Crippen LogP contribution in [0.2, 0.25) is 0 Å². The Labute approximate surface area is 160 Å². The summed E-state index contributed by atoms with van der Waals surface area (Å²) in [4.78, 5) is 0. The molecule has 0 saturated carbocycles. The van der Waals surface area contributed by atoms with Crippen LogP contribution in [0.15, 0.2) is 84.9 Å². The largest absolute Gasteiger partial charge is 0.995 e. The molecule has 1 aliphatic rings. The minimum Gasteiger partial charge on any atom is -0.569 e. The molecular formula is C23H15BF2O2. The molecule has 5 rings (SSSR count). The van der Waals surface area contributed by atoms with Gasteiger partial charge in [0.2, 0.25) is 0 Å². The maximum Gasteiger partial charge on any atom is 0.995 e. The lowest BCUT2D eigenvalue weighted by Crippen LogP contribution is -2.35. The van der Waals surface area contributed by atoms with Crippen LogP contribution in [-0.2, 0) is 0 Å². The molecule has 2 nitrogen and oxygen atoms in total. The number of hydrogen-bond donors (Lipinski definition) is 0. The quantitative estimate of drug-likeness (QED) is 0.178. The van der Waals surface area contributed by atoms with E-state index in [1.165, 1.54) is 6.07 Å². The van der Waals surface area contributed by atoms with Crippen molar-refractivity contribution in [3.05, 3.63) is 96.1 Å². The molecule has 0 atom stereocenters. The molecule has 0 spiro atoms. The molecule has 0 bridgehead atoms. The van der Waals surface area contributed by atoms with Crippen LogP contribution in [0.5, 0.6) is 5.75 Å². The van der Waals surface area contributed by atoms with Crippen LogP contribution in [0, 0.1) is 0 Å². The Morgan fingerprint density at radius 2 is 1.36 bits per heavy atom. The van der Waals surface area contributed by atoms with Crippen LogP contribution in [-0.4, -0.2) is 12.9 Å². The smallest absolute Gasteiger partial charge is 0.569 e. The lowest BCUT2D eigenvalue weighted by atomic mass is 9.95. The zero-order valence-corrected chi connectivity index (χ0v) is 14.8. The third-order valence-electron chi connectivity index (χ3n) is 4.90. The molecule has 0 radical (unpaired) electrons. The van der Waals surface area contributed by atoms with Crippen molar-refractivity contribution >= 4 is 40.5 Å². The molecular weight excluding hydrogens is 357 g/mol. The van der Waals surface area contributed by atoms with Crippen LogP contribution >= 0.6 is 0 Å². The minimum atomic E-state index is -4.39. The van der Waals surface area contributed by atoms with Crippen molar-refractivity contribution in [1.29, 1.82) is 0 Å². The Hall–Kier alpha value is -3.47. The molecule has 1 aliphatic heterocycles. The second kappa shape index (κ2) is 6.31. The lowest BCUT2D eigenvalue weighted by Gasteiger charge is -2.19. The Kier molecular flexibility index (Phi) is 3.76. The topological polar surface area (TPSA) is 20.5 Å². The number of benzene rings is 4. The Morgan fingerprint density at radius 1 is 0.750 bits per heavy atom. The van der Waals surface area contributed by atoms with Crippen LogP contribution in [0.1, 0.15) is 15.5 Å². The first-order chi connectivity index (χ1) is 13.6. The summed E-state index contributed by atoms with van der Waals surface area (Å²) in [6.07, 6.45) is 3.44. The number of hydrogen-bond acceptors (Lipinski definition) is 1. The van der Waals surface area contributed by atoms with Gasteiger partial charge in [0.25, 0.3) is 5.78 Å². The Morgan fingerprint density at radius 3 is 2.07 bits per heavy atom. The first-order valence-electron chi connectivity index (χ1n) is 9.04. The van der Waals surface area contributed by atoms with Crippen LogP contribution < -0.4 is 4.65 Å². The van der Waals surface area contributed by atoms with Crippen molar-refractivity contribution in [3.63, 3.8) is 0 Å². The zero-order chi connectivity index (χ0) is 19.1. The van der Waals surface area contributed by atoms with Gasteiger partial charge in [0.15, 0.2) is 0 Å². The second-order valence-electron chi connectivity index (χ2n) is 6.70. The van der Waals surface area contributed by atoms with E-state index in [1.807, 2.05) is 54.6 Å². The molecule has 0 saturated heterocycles. The first kappa shape index (κ1) is 16.7. The van der Waals surface area contributed by atoms with E-state index in [4.69, 9.17) is 9.00 Å². The van der Waals surface area contributed by atoms with E-state index in [-0.39, 0.29) is 11.5 Å². The molecule has 136 valence electrons. The Bertz CT molecular complexity index is 1220. The van der Waals surface area contributed by atoms with E-state index in [0.717, 1.165) is 27.1 Å². The van der Waals surface area contributed by atoms with Gasteiger partial charge in [0, 0.05) is 6.08 Å². The van der Waals surface area contributed by atoms with Crippen LogP contribution in [0.3, 0.4) is 0 Å². The third kappa shape index (κ3) is 2.85. The highest BCUT2D eigenvalue weighted by Crippen LogP contribution is 2.32. The second-order valence-corrected chi connectivity index (χ2v) is 6.70. The van der Waals surface area contributed by atoms with Crippen molar-refractivity contribution in [2.45, 2.75) is 0 Å². The summed E-state index contributed by atoms with van der Waals surface area (Å²) in [6.45, 7) is 0. The predicted molar refractivity (Wildman–Crippen MR) is 110 cm³/mol. The molecule has 0 aliphatic carbocycles. The van der Waals surface area contributed by atoms with Crippen molar-refractivity contribution in [1.82, 2.24) is 0 Å². The summed E-state index contributed by atoms with van der Waals surface area (Å²) in [5, 5.41) is 4.29. The highest BCUT2D eigenvalue weighted by Gasteiger charge is 2.53. The molecule has 4 aromatic rings. The highest BCUT2D eigenvalue weighted by atomic mass is 19.3. The van der Waals surface area contributed by atoms with Gasteiger partial charge >= 0.3 is 7.11 Å². The Balaban J connectivity index is 1.71. The van der Waals surface area contributed by atoms with Crippen molar-refractivity contribution in [3.8, 4) is 5.75 Å². The van der Waals surface area contributed by atoms with Crippen molar-refractivity contribution in [2.75, 3.05) is 0 Å². The third-order valence-corrected chi connectivity index (χ3v) is 4.90. The van der Waals surface area contributed by atoms with Crippen molar-refractivity contribution < 1.29 is 17.6 Å². The van der Waals surface area contributed by atoms with Gasteiger partial charge in [0.1, 0.15) is 5.56 Å². The average molecular weight is 372 g/mol. The maximum absolute atomic E-state index is 13.9. The fraction of sp³-hybridized carbons (Fsp3) is 0. The van der Waals surface area contributed by atoms with E-state index in [0.29, 0.717) is 5.56 Å². The van der Waals surface area contributed by atoms with Gasteiger partial charge in [-0.2, -0.15) is 0 Å². The van der Waals surface area contributed by atoms with Gasteiger partial charge in [-0.25, -0.2) is 0 Å². The van der Waals surface area contributed by atoms with Crippen molar-refractivity contribution in [2.24, 2.45) is 0 Å². The normalized spacial score (nSPS) is 15.4. The van der Waals surface area contributed by atoms with Crippen LogP contribution in [0.25, 0.3) is 27.6 Å². The fourth-order valence-electron chi connectivity index (χ4n) is 3.67. The minimum absolute atomic E-state index is 0.101. The molecule has 5 heteroatoms. The van der Waals surface area contributed by atoms with Gasteiger partial charge in [-0.3, -0.25) is 0 Å². The average Bonchev–Trinajstić information content (AvgIpc) is 2.70. The van der Waals surface area contributed by atoms with E-state index < -0.39 is 7.11 Å². The lowest BCUT2D eigenvalue weighted by molar-refractivity contribution is -0.180. The molecule has 4 aromatic carbocycles. The SMILES string of the molecule is F[B-]1(F)Oc2ccccc2C(/C=C/c2c3ccccc3cc3ccccc23)=[O+]1. The van der Waals surface area contributed by atoms with E-state index in [2.05, 4.69) is 6.07 Å². The standard InChI is InChI=1S/C23H15BF2O2/c25-24(26)27-22-12-6-5-11-21(22)23(28-24)14-13-20-18-9-3-1-7-16(18)15-17-8-2-4-10-19(17)20/h1-15H/b14-13+. The van der Waals surface area contributed by atoms with Gasteiger partial charge < -0.3 is 17.6 Å². The zero-order valence-electron chi connectivity index (χ0n) is 14.8. The number of para-hydroxylation sites is 1. The van der Waals surface area contributed by atoms with E-state index in [9.17, 15) is 8.63 Å². The molecule has 28 heavy (non-hydrogen) atoms. The summed E-state index contributed by atoms with van der Waals surface area (Å²) in [5.74, 6) is 0.227. The number of allylic oxidation sites excluding steroid dienone is 1. The highest BCUT2D eigenvalue weighted by molar-refractivity contribution is 6.52. The summed E-state index contributed by atoms with van der Waals surface area (Å²) in [7, 11) is -4.39. The monoisotopic (exact) mass is 372 g/mol. The number of rotatable bonds is 2. The number of halogens is 2. The number of fused-ring (bicyclic) bond motifs is 3. The molecule has 0 amide bonds. The summed E-state index contributed by atoms with van der Waals surface area (Å²) >= 11 is 0. The molecule has 0 aromatic heterocycles. The predicted octanol–water partition coefficient (Wildman–Crippen LogP) is 6.19. The summed E-state index contributed by atoms with van der Waals surface area (Å²) in [5.41, 5.74) is 1.47. The summed E-state index contributed by atoms with van der Waals surface area (Å²) in [6, 6.07) is 24.9. The molecule has 1 heterocycles. The number of ketones is 1. The van der Waals surface area contributed by atoms with E-state index >= 15 is 0 Å². The van der Waals surface area contributed by atoms with Gasteiger partial charge in [-0.1, -0.05) is 60.7 Å². The van der Waals surface area contributed by atoms with Crippen LogP contribution in [0.4, 0.5) is 8.63 Å². The summed E-state index contributed by atoms with van der Waals surface area (Å²) < 4.78 is 37.4. The molecule has 0 fully saturated rings. The van der Waals surface area contributed by atoms with Gasteiger partial charge in [0.05, 0.1) is 5.75 Å². The molecule has 0 unspecified atom stereocenters.